The average Bonchev–Trinajstić information content (AvgIpc) is 2.89. The zero-order valence-electron chi connectivity index (χ0n) is 9.73. The van der Waals surface area contributed by atoms with E-state index < -0.39 is 0 Å². The molecular formula is C13H13BrN2O2. The smallest absolute Gasteiger partial charge is 0.150 e. The first-order valence-electron chi connectivity index (χ1n) is 5.88. The summed E-state index contributed by atoms with van der Waals surface area (Å²) in [6.07, 6.45) is 2.61. The number of halogens is 1. The van der Waals surface area contributed by atoms with Gasteiger partial charge in [0.1, 0.15) is 11.5 Å². The Labute approximate surface area is 113 Å². The highest BCUT2D eigenvalue weighted by molar-refractivity contribution is 9.10. The molecule has 1 N–H and O–H groups in total. The van der Waals surface area contributed by atoms with Crippen molar-refractivity contribution in [2.75, 3.05) is 6.61 Å². The molecule has 2 heterocycles. The molecule has 0 radical (unpaired) electrons. The molecule has 1 atom stereocenters. The molecule has 4 nitrogen and oxygen atoms in total. The lowest BCUT2D eigenvalue weighted by molar-refractivity contribution is 0.248. The summed E-state index contributed by atoms with van der Waals surface area (Å²) in [6.45, 7) is 1.42. The largest absolute Gasteiger partial charge is 0.493 e. The average molecular weight is 309 g/mol. The number of hydrogen-bond acceptors (Lipinski definition) is 4. The van der Waals surface area contributed by atoms with E-state index in [0.29, 0.717) is 6.54 Å². The predicted octanol–water partition coefficient (Wildman–Crippen LogP) is 3.05. The van der Waals surface area contributed by atoms with Gasteiger partial charge in [0.2, 0.25) is 0 Å². The Morgan fingerprint density at radius 3 is 3.17 bits per heavy atom. The van der Waals surface area contributed by atoms with Crippen LogP contribution in [0.2, 0.25) is 0 Å². The molecule has 0 saturated carbocycles. The highest BCUT2D eigenvalue weighted by Gasteiger charge is 2.21. The molecule has 18 heavy (non-hydrogen) atoms. The minimum atomic E-state index is 0.288. The molecule has 1 unspecified atom stereocenters. The Kier molecular flexibility index (Phi) is 3.34. The number of benzene rings is 1. The van der Waals surface area contributed by atoms with E-state index in [1.165, 1.54) is 5.56 Å². The van der Waals surface area contributed by atoms with Crippen molar-refractivity contribution in [2.45, 2.75) is 19.0 Å². The van der Waals surface area contributed by atoms with Gasteiger partial charge in [0.15, 0.2) is 0 Å². The zero-order chi connectivity index (χ0) is 12.4. The number of nitrogens with one attached hydrogen (secondary N) is 1. The van der Waals surface area contributed by atoms with Gasteiger partial charge in [-0.3, -0.25) is 0 Å². The van der Waals surface area contributed by atoms with Crippen LogP contribution in [-0.4, -0.2) is 11.8 Å². The second-order valence-corrected chi connectivity index (χ2v) is 5.15. The summed E-state index contributed by atoms with van der Waals surface area (Å²) in [7, 11) is 0. The van der Waals surface area contributed by atoms with Crippen LogP contribution in [0, 0.1) is 0 Å². The van der Waals surface area contributed by atoms with E-state index in [1.54, 1.807) is 6.20 Å². The fourth-order valence-electron chi connectivity index (χ4n) is 2.13. The van der Waals surface area contributed by atoms with Crippen LogP contribution < -0.4 is 10.1 Å². The number of hydrogen-bond donors (Lipinski definition) is 1. The Balaban J connectivity index is 1.76. The minimum absolute atomic E-state index is 0.288. The van der Waals surface area contributed by atoms with Gasteiger partial charge in [-0.05, 0) is 18.2 Å². The summed E-state index contributed by atoms with van der Waals surface area (Å²) in [5, 5.41) is 7.17. The first-order valence-corrected chi connectivity index (χ1v) is 6.67. The maximum atomic E-state index is 5.65. The lowest BCUT2D eigenvalue weighted by Gasteiger charge is -2.26. The molecule has 5 heteroatoms. The van der Waals surface area contributed by atoms with Crippen LogP contribution in [0.5, 0.6) is 5.75 Å². The Hall–Kier alpha value is -1.33. The molecule has 2 aromatic rings. The van der Waals surface area contributed by atoms with Crippen molar-refractivity contribution in [3.63, 3.8) is 0 Å². The SMILES string of the molecule is Brc1ccc2c(c1)C(NCc1ccno1)CCO2. The lowest BCUT2D eigenvalue weighted by atomic mass is 10.0. The van der Waals surface area contributed by atoms with Crippen molar-refractivity contribution in [3.8, 4) is 5.75 Å². The number of ether oxygens (including phenoxy) is 1. The van der Waals surface area contributed by atoms with Crippen molar-refractivity contribution < 1.29 is 9.26 Å². The zero-order valence-corrected chi connectivity index (χ0v) is 11.3. The van der Waals surface area contributed by atoms with E-state index in [0.717, 1.165) is 29.0 Å². The lowest BCUT2D eigenvalue weighted by Crippen LogP contribution is -2.26. The Morgan fingerprint density at radius 1 is 1.39 bits per heavy atom. The third-order valence-corrected chi connectivity index (χ3v) is 3.52. The second kappa shape index (κ2) is 5.12. The fraction of sp³-hybridized carbons (Fsp3) is 0.308. The standard InChI is InChI=1S/C13H13BrN2O2/c14-9-1-2-13-11(7-9)12(4-6-17-13)15-8-10-3-5-16-18-10/h1-3,5,7,12,15H,4,6,8H2. The van der Waals surface area contributed by atoms with Gasteiger partial charge in [0.05, 0.1) is 19.3 Å². The molecule has 3 rings (SSSR count). The van der Waals surface area contributed by atoms with Gasteiger partial charge >= 0.3 is 0 Å². The van der Waals surface area contributed by atoms with Gasteiger partial charge in [-0.2, -0.15) is 0 Å². The first kappa shape index (κ1) is 11.7. The summed E-state index contributed by atoms with van der Waals surface area (Å²) in [6, 6.07) is 8.26. The molecule has 0 aliphatic carbocycles. The van der Waals surface area contributed by atoms with Crippen LogP contribution >= 0.6 is 15.9 Å². The molecule has 0 amide bonds. The molecule has 1 aliphatic heterocycles. The highest BCUT2D eigenvalue weighted by atomic mass is 79.9. The Morgan fingerprint density at radius 2 is 2.33 bits per heavy atom. The summed E-state index contributed by atoms with van der Waals surface area (Å²) in [5.74, 6) is 1.80. The maximum absolute atomic E-state index is 5.65. The van der Waals surface area contributed by atoms with Crippen LogP contribution in [0.15, 0.2) is 39.5 Å². The molecule has 0 fully saturated rings. The number of aromatic nitrogens is 1. The number of nitrogens with zero attached hydrogens (tertiary/aromatic N) is 1. The van der Waals surface area contributed by atoms with Crippen molar-refractivity contribution in [1.82, 2.24) is 10.5 Å². The van der Waals surface area contributed by atoms with E-state index in [2.05, 4.69) is 32.5 Å². The van der Waals surface area contributed by atoms with Crippen LogP contribution in [0.3, 0.4) is 0 Å². The van der Waals surface area contributed by atoms with Crippen LogP contribution in [0.4, 0.5) is 0 Å². The molecular weight excluding hydrogens is 296 g/mol. The monoisotopic (exact) mass is 308 g/mol. The van der Waals surface area contributed by atoms with Gasteiger partial charge in [0, 0.05) is 28.6 Å². The van der Waals surface area contributed by atoms with Crippen molar-refractivity contribution in [3.05, 3.63) is 46.3 Å². The minimum Gasteiger partial charge on any atom is -0.493 e. The predicted molar refractivity (Wildman–Crippen MR) is 70.3 cm³/mol. The van der Waals surface area contributed by atoms with E-state index in [1.807, 2.05) is 18.2 Å². The number of fused-ring (bicyclic) bond motifs is 1. The summed E-state index contributed by atoms with van der Waals surface area (Å²) < 4.78 is 11.8. The third kappa shape index (κ3) is 2.42. The van der Waals surface area contributed by atoms with Crippen molar-refractivity contribution in [1.29, 1.82) is 0 Å². The van der Waals surface area contributed by atoms with E-state index in [9.17, 15) is 0 Å². The van der Waals surface area contributed by atoms with E-state index in [4.69, 9.17) is 9.26 Å². The molecule has 0 spiro atoms. The summed E-state index contributed by atoms with van der Waals surface area (Å²) in [4.78, 5) is 0. The van der Waals surface area contributed by atoms with Crippen LogP contribution in [0.1, 0.15) is 23.8 Å². The van der Waals surface area contributed by atoms with Gasteiger partial charge in [-0.25, -0.2) is 0 Å². The normalized spacial score (nSPS) is 18.2. The number of rotatable bonds is 3. The van der Waals surface area contributed by atoms with Gasteiger partial charge < -0.3 is 14.6 Å². The summed E-state index contributed by atoms with van der Waals surface area (Å²) in [5.41, 5.74) is 1.19. The molecule has 1 aromatic heterocycles. The van der Waals surface area contributed by atoms with Gasteiger partial charge in [-0.15, -0.1) is 0 Å². The van der Waals surface area contributed by atoms with E-state index >= 15 is 0 Å². The fourth-order valence-corrected chi connectivity index (χ4v) is 2.51. The third-order valence-electron chi connectivity index (χ3n) is 3.03. The molecule has 1 aliphatic rings. The van der Waals surface area contributed by atoms with Crippen LogP contribution in [0.25, 0.3) is 0 Å². The first-order chi connectivity index (χ1) is 8.83. The maximum Gasteiger partial charge on any atom is 0.150 e. The Bertz CT molecular complexity index is 528. The topological polar surface area (TPSA) is 47.3 Å². The highest BCUT2D eigenvalue weighted by Crippen LogP contribution is 2.34. The van der Waals surface area contributed by atoms with E-state index in [-0.39, 0.29) is 6.04 Å². The van der Waals surface area contributed by atoms with Gasteiger partial charge in [-0.1, -0.05) is 21.1 Å². The van der Waals surface area contributed by atoms with Crippen molar-refractivity contribution >= 4 is 15.9 Å². The second-order valence-electron chi connectivity index (χ2n) is 4.23. The molecule has 0 bridgehead atoms. The van der Waals surface area contributed by atoms with Crippen molar-refractivity contribution in [2.24, 2.45) is 0 Å². The molecule has 0 saturated heterocycles. The summed E-state index contributed by atoms with van der Waals surface area (Å²) >= 11 is 3.50. The quantitative estimate of drug-likeness (QED) is 0.946. The van der Waals surface area contributed by atoms with Gasteiger partial charge in [0.25, 0.3) is 0 Å². The molecule has 1 aromatic carbocycles. The van der Waals surface area contributed by atoms with Crippen LogP contribution in [-0.2, 0) is 6.54 Å². The molecule has 94 valence electrons.